The number of carbonyl (C=O) groups is 1. The summed E-state index contributed by atoms with van der Waals surface area (Å²) in [5.41, 5.74) is 3.42. The molecule has 0 saturated carbocycles. The molecule has 24 heavy (non-hydrogen) atoms. The third kappa shape index (κ3) is 4.53. The van der Waals surface area contributed by atoms with Crippen LogP contribution in [0.1, 0.15) is 57.6 Å². The fourth-order valence-electron chi connectivity index (χ4n) is 3.28. The Hall–Kier alpha value is -1.49. The zero-order valence-corrected chi connectivity index (χ0v) is 16.3. The lowest BCUT2D eigenvalue weighted by Gasteiger charge is -2.35. The first kappa shape index (κ1) is 18.8. The highest BCUT2D eigenvalue weighted by Gasteiger charge is 2.29. The zero-order chi connectivity index (χ0) is 18.1. The summed E-state index contributed by atoms with van der Waals surface area (Å²) < 4.78 is 7.91. The van der Waals surface area contributed by atoms with Crippen LogP contribution in [0.25, 0.3) is 0 Å². The first-order chi connectivity index (χ1) is 11.1. The van der Waals surface area contributed by atoms with E-state index >= 15 is 0 Å². The second-order valence-corrected chi connectivity index (χ2v) is 8.26. The van der Waals surface area contributed by atoms with Gasteiger partial charge in [-0.2, -0.15) is 0 Å². The maximum absolute atomic E-state index is 12.4. The Morgan fingerprint density at radius 2 is 2.04 bits per heavy atom. The van der Waals surface area contributed by atoms with E-state index in [2.05, 4.69) is 43.6 Å². The van der Waals surface area contributed by atoms with Crippen LogP contribution >= 0.6 is 0 Å². The molecule has 0 spiro atoms. The molecule has 2 heterocycles. The zero-order valence-electron chi connectivity index (χ0n) is 16.3. The number of hydrogen-bond donors (Lipinski definition) is 1. The van der Waals surface area contributed by atoms with E-state index in [9.17, 15) is 4.79 Å². The van der Waals surface area contributed by atoms with E-state index < -0.39 is 5.60 Å². The van der Waals surface area contributed by atoms with E-state index in [4.69, 9.17) is 4.74 Å². The molecule has 1 aliphatic rings. The van der Waals surface area contributed by atoms with E-state index in [1.54, 1.807) is 0 Å². The van der Waals surface area contributed by atoms with Gasteiger partial charge in [0.25, 0.3) is 0 Å². The monoisotopic (exact) mass is 335 g/mol. The van der Waals surface area contributed by atoms with Crippen LogP contribution in [0.15, 0.2) is 6.07 Å². The number of aromatic nitrogens is 1. The fraction of sp³-hybridized carbons (Fsp3) is 0.737. The molecule has 1 saturated heterocycles. The molecule has 0 aliphatic carbocycles. The molecule has 0 radical (unpaired) electrons. The van der Waals surface area contributed by atoms with Gasteiger partial charge in [-0.3, -0.25) is 0 Å². The topological polar surface area (TPSA) is 46.5 Å². The second-order valence-electron chi connectivity index (χ2n) is 8.26. The quantitative estimate of drug-likeness (QED) is 0.917. The van der Waals surface area contributed by atoms with Gasteiger partial charge in [0, 0.05) is 37.6 Å². The van der Waals surface area contributed by atoms with Gasteiger partial charge in [-0.1, -0.05) is 13.8 Å². The largest absolute Gasteiger partial charge is 0.444 e. The molecular formula is C19H33N3O2. The van der Waals surface area contributed by atoms with Crippen LogP contribution in [0.5, 0.6) is 0 Å². The number of amides is 1. The lowest BCUT2D eigenvalue weighted by molar-refractivity contribution is 0.0195. The Morgan fingerprint density at radius 1 is 1.38 bits per heavy atom. The Balaban J connectivity index is 2.14. The lowest BCUT2D eigenvalue weighted by atomic mass is 10.0. The van der Waals surface area contributed by atoms with Crippen molar-refractivity contribution in [2.75, 3.05) is 19.6 Å². The van der Waals surface area contributed by atoms with Gasteiger partial charge in [0.15, 0.2) is 0 Å². The number of nitrogens with one attached hydrogen (secondary N) is 1. The van der Waals surface area contributed by atoms with Crippen LogP contribution in [0.3, 0.4) is 0 Å². The number of rotatable bonds is 3. The van der Waals surface area contributed by atoms with Gasteiger partial charge < -0.3 is 19.5 Å². The van der Waals surface area contributed by atoms with Gasteiger partial charge in [-0.25, -0.2) is 4.79 Å². The van der Waals surface area contributed by atoms with Gasteiger partial charge in [-0.05, 0) is 52.2 Å². The van der Waals surface area contributed by atoms with Crippen molar-refractivity contribution >= 4 is 6.09 Å². The average Bonchev–Trinajstić information content (AvgIpc) is 2.73. The van der Waals surface area contributed by atoms with Crippen molar-refractivity contribution in [2.24, 2.45) is 5.92 Å². The number of piperazine rings is 1. The van der Waals surface area contributed by atoms with Gasteiger partial charge >= 0.3 is 6.09 Å². The first-order valence-corrected chi connectivity index (χ1v) is 8.96. The van der Waals surface area contributed by atoms with Crippen LogP contribution in [0.4, 0.5) is 4.79 Å². The van der Waals surface area contributed by atoms with Crippen molar-refractivity contribution in [1.82, 2.24) is 14.8 Å². The normalized spacial score (nSPS) is 19.0. The highest BCUT2D eigenvalue weighted by Crippen LogP contribution is 2.26. The molecule has 136 valence electrons. The minimum Gasteiger partial charge on any atom is -0.444 e. The van der Waals surface area contributed by atoms with Gasteiger partial charge in [0.1, 0.15) is 5.60 Å². The number of ether oxygens (including phenoxy) is 1. The molecule has 0 aromatic carbocycles. The molecule has 1 amide bonds. The minimum atomic E-state index is -0.454. The molecule has 1 aliphatic heterocycles. The number of hydrogen-bond acceptors (Lipinski definition) is 3. The minimum absolute atomic E-state index is 0.165. The molecule has 0 bridgehead atoms. The van der Waals surface area contributed by atoms with E-state index in [0.29, 0.717) is 19.0 Å². The van der Waals surface area contributed by atoms with E-state index in [-0.39, 0.29) is 12.1 Å². The third-order valence-electron chi connectivity index (χ3n) is 4.36. The second kappa shape index (κ2) is 7.18. The van der Waals surface area contributed by atoms with Crippen molar-refractivity contribution < 1.29 is 9.53 Å². The molecule has 2 rings (SSSR count). The molecule has 1 unspecified atom stereocenters. The summed E-state index contributed by atoms with van der Waals surface area (Å²) in [4.78, 5) is 14.2. The van der Waals surface area contributed by atoms with Crippen LogP contribution in [0, 0.1) is 19.8 Å². The van der Waals surface area contributed by atoms with Crippen molar-refractivity contribution in [1.29, 1.82) is 0 Å². The Labute approximate surface area is 146 Å². The van der Waals surface area contributed by atoms with E-state index in [1.807, 2.05) is 25.7 Å². The van der Waals surface area contributed by atoms with Gasteiger partial charge in [-0.15, -0.1) is 0 Å². The Kier molecular flexibility index (Phi) is 5.63. The van der Waals surface area contributed by atoms with Crippen LogP contribution in [-0.4, -0.2) is 40.8 Å². The van der Waals surface area contributed by atoms with Crippen molar-refractivity contribution in [2.45, 2.75) is 66.7 Å². The number of nitrogens with zero attached hydrogens (tertiary/aromatic N) is 2. The summed E-state index contributed by atoms with van der Waals surface area (Å²) in [6, 6.07) is 2.42. The molecule has 1 fully saturated rings. The maximum Gasteiger partial charge on any atom is 0.410 e. The smallest absolute Gasteiger partial charge is 0.410 e. The van der Waals surface area contributed by atoms with Crippen molar-refractivity contribution in [3.8, 4) is 0 Å². The van der Waals surface area contributed by atoms with Gasteiger partial charge in [0.05, 0.1) is 6.04 Å². The molecule has 5 heteroatoms. The van der Waals surface area contributed by atoms with Crippen molar-refractivity contribution in [3.05, 3.63) is 23.0 Å². The van der Waals surface area contributed by atoms with Gasteiger partial charge in [0.2, 0.25) is 0 Å². The summed E-state index contributed by atoms with van der Waals surface area (Å²) in [5.74, 6) is 0.611. The highest BCUT2D eigenvalue weighted by molar-refractivity contribution is 5.68. The molecule has 5 nitrogen and oxygen atoms in total. The standard InChI is InChI=1S/C19H33N3O2/c1-13(2)11-22-14(3)10-16(15(22)4)17-12-21(9-8-20-17)18(23)24-19(5,6)7/h10,13,17,20H,8-9,11-12H2,1-7H3. The van der Waals surface area contributed by atoms with Crippen LogP contribution in [-0.2, 0) is 11.3 Å². The summed E-state index contributed by atoms with van der Waals surface area (Å²) in [7, 11) is 0. The van der Waals surface area contributed by atoms with Crippen molar-refractivity contribution in [3.63, 3.8) is 0 Å². The Bertz CT molecular complexity index is 584. The summed E-state index contributed by atoms with van der Waals surface area (Å²) >= 11 is 0. The molecule has 1 N–H and O–H groups in total. The average molecular weight is 335 g/mol. The SMILES string of the molecule is Cc1cc(C2CN(C(=O)OC(C)(C)C)CCN2)c(C)n1CC(C)C. The lowest BCUT2D eigenvalue weighted by Crippen LogP contribution is -2.49. The predicted molar refractivity (Wildman–Crippen MR) is 97.3 cm³/mol. The predicted octanol–water partition coefficient (Wildman–Crippen LogP) is 3.64. The van der Waals surface area contributed by atoms with E-state index in [1.165, 1.54) is 17.0 Å². The summed E-state index contributed by atoms with van der Waals surface area (Å²) in [6.07, 6.45) is -0.218. The van der Waals surface area contributed by atoms with Crippen LogP contribution in [0.2, 0.25) is 0 Å². The molecule has 1 atom stereocenters. The summed E-state index contributed by atoms with van der Waals surface area (Å²) in [6.45, 7) is 17.7. The molecule has 1 aromatic heterocycles. The fourth-order valence-corrected chi connectivity index (χ4v) is 3.28. The highest BCUT2D eigenvalue weighted by atomic mass is 16.6. The van der Waals surface area contributed by atoms with Crippen LogP contribution < -0.4 is 5.32 Å². The third-order valence-corrected chi connectivity index (χ3v) is 4.36. The molecular weight excluding hydrogens is 302 g/mol. The Morgan fingerprint density at radius 3 is 2.62 bits per heavy atom. The maximum atomic E-state index is 12.4. The van der Waals surface area contributed by atoms with E-state index in [0.717, 1.165) is 13.1 Å². The number of carbonyl (C=O) groups excluding carboxylic acids is 1. The molecule has 1 aromatic rings. The number of aryl methyl sites for hydroxylation is 1. The summed E-state index contributed by atoms with van der Waals surface area (Å²) in [5, 5.41) is 3.56. The first-order valence-electron chi connectivity index (χ1n) is 8.96.